The Morgan fingerprint density at radius 2 is 0.569 bits per heavy atom. The van der Waals surface area contributed by atoms with Crippen molar-refractivity contribution in [2.24, 2.45) is 5.41 Å². The van der Waals surface area contributed by atoms with Crippen LogP contribution in [0.5, 0.6) is 0 Å². The SMILES string of the molecule is CCCC(C)(C(C)P(c1ccc(C(C)(C)C)cc1)c1ccc(C(C)(C)C)cc1)C(C)P(c1ccc(C(C)(C)C)cc1)c1ccc(C(C)(C)C)cc1. The third-order valence-electron chi connectivity index (χ3n) is 11.5. The highest BCUT2D eigenvalue weighted by Gasteiger charge is 2.44. The number of rotatable bonds is 10. The average molecular weight is 721 g/mol. The maximum atomic E-state index is 2.65. The summed E-state index contributed by atoms with van der Waals surface area (Å²) < 4.78 is 0. The van der Waals surface area contributed by atoms with Crippen LogP contribution >= 0.6 is 15.8 Å². The smallest absolute Gasteiger partial charge is 0.00971 e. The molecule has 276 valence electrons. The number of hydrogen-bond donors (Lipinski definition) is 0. The first kappa shape index (κ1) is 41.5. The summed E-state index contributed by atoms with van der Waals surface area (Å²) >= 11 is 0. The molecule has 2 unspecified atom stereocenters. The van der Waals surface area contributed by atoms with Crippen LogP contribution in [-0.4, -0.2) is 11.3 Å². The molecule has 0 nitrogen and oxygen atoms in total. The molecule has 2 atom stereocenters. The molecule has 0 aliphatic rings. The molecule has 0 heterocycles. The Hall–Kier alpha value is -2.26. The Morgan fingerprint density at radius 3 is 0.725 bits per heavy atom. The molecule has 0 aliphatic heterocycles. The summed E-state index contributed by atoms with van der Waals surface area (Å²) in [5.74, 6) is 0. The van der Waals surface area contributed by atoms with Crippen molar-refractivity contribution in [3.05, 3.63) is 119 Å². The minimum atomic E-state index is -0.634. The summed E-state index contributed by atoms with van der Waals surface area (Å²) in [4.78, 5) is 0. The Morgan fingerprint density at radius 1 is 0.373 bits per heavy atom. The van der Waals surface area contributed by atoms with Crippen LogP contribution in [0.3, 0.4) is 0 Å². The van der Waals surface area contributed by atoms with Crippen molar-refractivity contribution in [3.8, 4) is 0 Å². The van der Waals surface area contributed by atoms with E-state index in [1.54, 1.807) is 0 Å². The molecule has 0 saturated heterocycles. The molecule has 0 aromatic heterocycles. The van der Waals surface area contributed by atoms with E-state index in [9.17, 15) is 0 Å². The van der Waals surface area contributed by atoms with Gasteiger partial charge in [0.25, 0.3) is 0 Å². The third-order valence-corrected chi connectivity index (χ3v) is 17.7. The van der Waals surface area contributed by atoms with Crippen LogP contribution in [0.25, 0.3) is 0 Å². The van der Waals surface area contributed by atoms with Crippen molar-refractivity contribution in [1.29, 1.82) is 0 Å². The van der Waals surface area contributed by atoms with Crippen LogP contribution in [0.4, 0.5) is 0 Å². The van der Waals surface area contributed by atoms with E-state index >= 15 is 0 Å². The van der Waals surface area contributed by atoms with Crippen molar-refractivity contribution < 1.29 is 0 Å². The first-order valence-corrected chi connectivity index (χ1v) is 22.3. The molecule has 4 aromatic rings. The highest BCUT2D eigenvalue weighted by atomic mass is 31.1. The normalized spacial score (nSPS) is 15.6. The zero-order valence-electron chi connectivity index (χ0n) is 35.2. The van der Waals surface area contributed by atoms with Gasteiger partial charge in [-0.15, -0.1) is 0 Å². The molecule has 0 radical (unpaired) electrons. The lowest BCUT2D eigenvalue weighted by atomic mass is 9.79. The molecule has 0 spiro atoms. The molecule has 0 fully saturated rings. The summed E-state index contributed by atoms with van der Waals surface area (Å²) in [6, 6.07) is 39.0. The fourth-order valence-corrected chi connectivity index (χ4v) is 13.8. The Kier molecular flexibility index (Phi) is 12.7. The van der Waals surface area contributed by atoms with Crippen molar-refractivity contribution in [2.75, 3.05) is 0 Å². The van der Waals surface area contributed by atoms with E-state index in [1.807, 2.05) is 0 Å². The van der Waals surface area contributed by atoms with Crippen LogP contribution in [-0.2, 0) is 21.7 Å². The summed E-state index contributed by atoms with van der Waals surface area (Å²) in [5.41, 5.74) is 7.19. The molecule has 0 bridgehead atoms. The summed E-state index contributed by atoms with van der Waals surface area (Å²) in [6.45, 7) is 38.1. The van der Waals surface area contributed by atoms with Crippen LogP contribution in [0, 0.1) is 5.41 Å². The lowest BCUT2D eigenvalue weighted by Crippen LogP contribution is -2.43. The van der Waals surface area contributed by atoms with E-state index < -0.39 is 15.8 Å². The molecule has 0 aliphatic carbocycles. The monoisotopic (exact) mass is 720 g/mol. The van der Waals surface area contributed by atoms with E-state index in [4.69, 9.17) is 0 Å². The quantitative estimate of drug-likeness (QED) is 0.143. The molecule has 4 aromatic carbocycles. The van der Waals surface area contributed by atoms with E-state index in [0.29, 0.717) is 11.3 Å². The largest absolute Gasteiger partial charge is 0.0654 e. The van der Waals surface area contributed by atoms with Gasteiger partial charge in [0.1, 0.15) is 0 Å². The molecule has 0 saturated carbocycles. The maximum absolute atomic E-state index is 2.65. The molecule has 0 amide bonds. The minimum absolute atomic E-state index is 0.100. The maximum Gasteiger partial charge on any atom is -0.00971 e. The molecular formula is C49H70P2. The van der Waals surface area contributed by atoms with E-state index in [-0.39, 0.29) is 27.1 Å². The van der Waals surface area contributed by atoms with Gasteiger partial charge in [-0.3, -0.25) is 0 Å². The fourth-order valence-electron chi connectivity index (χ4n) is 7.58. The molecule has 2 heteroatoms. The second-order valence-corrected chi connectivity index (χ2v) is 24.6. The van der Waals surface area contributed by atoms with Gasteiger partial charge < -0.3 is 0 Å². The summed E-state index contributed by atoms with van der Waals surface area (Å²) in [5, 5.41) is 5.99. The highest BCUT2D eigenvalue weighted by molar-refractivity contribution is 7.74. The van der Waals surface area contributed by atoms with Gasteiger partial charge in [0.05, 0.1) is 0 Å². The van der Waals surface area contributed by atoms with E-state index in [2.05, 4.69) is 208 Å². The van der Waals surface area contributed by atoms with Crippen molar-refractivity contribution in [2.45, 2.75) is 157 Å². The van der Waals surface area contributed by atoms with Gasteiger partial charge >= 0.3 is 0 Å². The highest BCUT2D eigenvalue weighted by Crippen LogP contribution is 2.58. The second-order valence-electron chi connectivity index (χ2n) is 19.5. The average Bonchev–Trinajstić information content (AvgIpc) is 3.04. The van der Waals surface area contributed by atoms with Gasteiger partial charge in [-0.05, 0) is 104 Å². The van der Waals surface area contributed by atoms with Crippen LogP contribution < -0.4 is 21.2 Å². The zero-order valence-corrected chi connectivity index (χ0v) is 37.0. The van der Waals surface area contributed by atoms with Crippen LogP contribution in [0.2, 0.25) is 0 Å². The molecule has 0 N–H and O–H groups in total. The Balaban J connectivity index is 1.91. The van der Waals surface area contributed by atoms with Crippen LogP contribution in [0.15, 0.2) is 97.1 Å². The summed E-state index contributed by atoms with van der Waals surface area (Å²) in [6.07, 6.45) is 2.38. The third kappa shape index (κ3) is 9.65. The van der Waals surface area contributed by atoms with Gasteiger partial charge in [-0.25, -0.2) is 0 Å². The Bertz CT molecular complexity index is 1440. The second kappa shape index (κ2) is 15.6. The van der Waals surface area contributed by atoms with Crippen molar-refractivity contribution in [1.82, 2.24) is 0 Å². The lowest BCUT2D eigenvalue weighted by Gasteiger charge is -2.48. The first-order chi connectivity index (χ1) is 23.5. The predicted molar refractivity (Wildman–Crippen MR) is 235 cm³/mol. The standard InChI is InChI=1S/C49H70P2/c1-17-34-49(16,35(2)50(41-26-18-37(19-27-41)45(4,5)6)42-28-20-38(21-29-42)46(7,8)9)36(3)51(43-30-22-39(23-31-43)47(10,11)12)44-32-24-40(25-33-44)48(13,14)15/h18-33,35-36H,17,34H2,1-16H3. The number of hydrogen-bond acceptors (Lipinski definition) is 0. The lowest BCUT2D eigenvalue weighted by molar-refractivity contribution is 0.286. The van der Waals surface area contributed by atoms with Gasteiger partial charge in [-0.1, -0.05) is 214 Å². The van der Waals surface area contributed by atoms with Gasteiger partial charge in [0.15, 0.2) is 0 Å². The zero-order chi connectivity index (χ0) is 38.2. The Labute approximate surface area is 317 Å². The predicted octanol–water partition coefficient (Wildman–Crippen LogP) is 13.0. The fraction of sp³-hybridized carbons (Fsp3) is 0.510. The molecular weight excluding hydrogens is 650 g/mol. The minimum Gasteiger partial charge on any atom is -0.0654 e. The topological polar surface area (TPSA) is 0 Å². The van der Waals surface area contributed by atoms with Crippen molar-refractivity contribution in [3.63, 3.8) is 0 Å². The molecule has 51 heavy (non-hydrogen) atoms. The van der Waals surface area contributed by atoms with Gasteiger partial charge in [-0.2, -0.15) is 0 Å². The van der Waals surface area contributed by atoms with Gasteiger partial charge in [0, 0.05) is 0 Å². The number of benzene rings is 4. The van der Waals surface area contributed by atoms with E-state index in [1.165, 1.54) is 56.3 Å². The van der Waals surface area contributed by atoms with Crippen molar-refractivity contribution >= 4 is 37.1 Å². The summed E-state index contributed by atoms with van der Waals surface area (Å²) in [7, 11) is -1.27. The molecule has 4 rings (SSSR count). The van der Waals surface area contributed by atoms with Crippen LogP contribution in [0.1, 0.15) is 146 Å². The van der Waals surface area contributed by atoms with E-state index in [0.717, 1.165) is 0 Å². The van der Waals surface area contributed by atoms with Gasteiger partial charge in [0.2, 0.25) is 0 Å². The first-order valence-electron chi connectivity index (χ1n) is 19.5.